The van der Waals surface area contributed by atoms with E-state index in [4.69, 9.17) is 4.74 Å². The van der Waals surface area contributed by atoms with E-state index in [-0.39, 0.29) is 18.0 Å². The van der Waals surface area contributed by atoms with Crippen LogP contribution in [0.2, 0.25) is 0 Å². The maximum Gasteiger partial charge on any atom is 0.317 e. The molecule has 2 aliphatic rings. The molecule has 1 aromatic heterocycles. The van der Waals surface area contributed by atoms with Gasteiger partial charge < -0.3 is 20.3 Å². The van der Waals surface area contributed by atoms with Crippen molar-refractivity contribution in [1.82, 2.24) is 20.5 Å². The molecule has 0 unspecified atom stereocenters. The summed E-state index contributed by atoms with van der Waals surface area (Å²) in [5.74, 6) is 0.749. The first kappa shape index (κ1) is 23.5. The quantitative estimate of drug-likeness (QED) is 0.638. The highest BCUT2D eigenvalue weighted by molar-refractivity contribution is 7.17. The number of amides is 3. The normalized spacial score (nSPS) is 17.6. The second-order valence-electron chi connectivity index (χ2n) is 8.91. The Kier molecular flexibility index (Phi) is 7.85. The molecule has 8 heteroatoms. The number of likely N-dealkylation sites (tertiary alicyclic amines) is 1. The van der Waals surface area contributed by atoms with Gasteiger partial charge in [0, 0.05) is 30.7 Å². The van der Waals surface area contributed by atoms with Crippen molar-refractivity contribution in [3.8, 4) is 16.3 Å². The third kappa shape index (κ3) is 6.05. The summed E-state index contributed by atoms with van der Waals surface area (Å²) in [6.07, 6.45) is 7.40. The monoisotopic (exact) mass is 470 g/mol. The van der Waals surface area contributed by atoms with Crippen LogP contribution < -0.4 is 15.4 Å². The first-order chi connectivity index (χ1) is 16.0. The predicted molar refractivity (Wildman–Crippen MR) is 131 cm³/mol. The molecule has 4 rings (SSSR count). The minimum Gasteiger partial charge on any atom is -0.494 e. The van der Waals surface area contributed by atoms with Crippen LogP contribution >= 0.6 is 11.3 Å². The Bertz CT molecular complexity index is 945. The van der Waals surface area contributed by atoms with Crippen molar-refractivity contribution in [2.45, 2.75) is 70.9 Å². The fraction of sp³-hybridized carbons (Fsp3) is 0.560. The Morgan fingerprint density at radius 3 is 2.36 bits per heavy atom. The number of carbonyl (C=O) groups excluding carboxylic acids is 2. The molecule has 7 nitrogen and oxygen atoms in total. The summed E-state index contributed by atoms with van der Waals surface area (Å²) in [7, 11) is 0. The molecule has 2 heterocycles. The molecule has 2 N–H and O–H groups in total. The maximum atomic E-state index is 12.9. The number of carbonyl (C=O) groups is 2. The van der Waals surface area contributed by atoms with Crippen molar-refractivity contribution in [3.05, 3.63) is 34.8 Å². The summed E-state index contributed by atoms with van der Waals surface area (Å²) in [4.78, 5) is 32.7. The van der Waals surface area contributed by atoms with E-state index in [2.05, 4.69) is 15.6 Å². The number of rotatable bonds is 6. The molecule has 0 radical (unpaired) electrons. The lowest BCUT2D eigenvalue weighted by Crippen LogP contribution is -2.51. The summed E-state index contributed by atoms with van der Waals surface area (Å²) in [6.45, 7) is 5.80. The number of hydrogen-bond acceptors (Lipinski definition) is 5. The number of hydrogen-bond donors (Lipinski definition) is 2. The molecule has 1 aliphatic carbocycles. The zero-order valence-corrected chi connectivity index (χ0v) is 20.4. The second-order valence-corrected chi connectivity index (χ2v) is 9.91. The van der Waals surface area contributed by atoms with E-state index in [1.807, 2.05) is 43.0 Å². The first-order valence-electron chi connectivity index (χ1n) is 12.1. The molecule has 0 atom stereocenters. The molecular formula is C25H34N4O3S. The Balaban J connectivity index is 1.29. The number of ether oxygens (including phenoxy) is 1. The lowest BCUT2D eigenvalue weighted by molar-refractivity contribution is 0.0920. The van der Waals surface area contributed by atoms with Gasteiger partial charge in [-0.25, -0.2) is 9.78 Å². The minimum atomic E-state index is -0.0766. The van der Waals surface area contributed by atoms with E-state index < -0.39 is 0 Å². The van der Waals surface area contributed by atoms with Crippen LogP contribution in [0.25, 0.3) is 10.6 Å². The van der Waals surface area contributed by atoms with Crippen LogP contribution in [0.4, 0.5) is 4.79 Å². The molecule has 1 aromatic carbocycles. The van der Waals surface area contributed by atoms with E-state index in [0.29, 0.717) is 30.6 Å². The molecule has 3 amide bonds. The number of aromatic nitrogens is 1. The van der Waals surface area contributed by atoms with Gasteiger partial charge in [0.05, 0.1) is 12.3 Å². The molecule has 2 fully saturated rings. The summed E-state index contributed by atoms with van der Waals surface area (Å²) >= 11 is 1.41. The fourth-order valence-electron chi connectivity index (χ4n) is 4.58. The van der Waals surface area contributed by atoms with E-state index in [1.165, 1.54) is 30.6 Å². The van der Waals surface area contributed by atoms with Crippen molar-refractivity contribution in [3.63, 3.8) is 0 Å². The maximum absolute atomic E-state index is 12.9. The van der Waals surface area contributed by atoms with E-state index in [9.17, 15) is 9.59 Å². The number of piperidine rings is 1. The molecule has 1 saturated heterocycles. The van der Waals surface area contributed by atoms with Crippen molar-refractivity contribution in [2.24, 2.45) is 0 Å². The van der Waals surface area contributed by atoms with Crippen LogP contribution in [0.3, 0.4) is 0 Å². The number of thiazole rings is 1. The number of aryl methyl sites for hydroxylation is 1. The predicted octanol–water partition coefficient (Wildman–Crippen LogP) is 4.75. The fourth-order valence-corrected chi connectivity index (χ4v) is 5.56. The lowest BCUT2D eigenvalue weighted by Gasteiger charge is -2.34. The SMILES string of the molecule is CCOc1ccc(-c2nc(C)c(C(=O)NC3CCN(C(=O)NC4CCCCC4)CC3)s2)cc1. The van der Waals surface area contributed by atoms with Crippen LogP contribution in [0.15, 0.2) is 24.3 Å². The van der Waals surface area contributed by atoms with Gasteiger partial charge >= 0.3 is 6.03 Å². The van der Waals surface area contributed by atoms with Crippen molar-refractivity contribution in [1.29, 1.82) is 0 Å². The van der Waals surface area contributed by atoms with Crippen LogP contribution in [-0.2, 0) is 0 Å². The summed E-state index contributed by atoms with van der Waals surface area (Å²) in [5, 5.41) is 7.18. The van der Waals surface area contributed by atoms with E-state index in [1.54, 1.807) is 0 Å². The smallest absolute Gasteiger partial charge is 0.317 e. The topological polar surface area (TPSA) is 83.6 Å². The van der Waals surface area contributed by atoms with Gasteiger partial charge in [-0.1, -0.05) is 19.3 Å². The summed E-state index contributed by atoms with van der Waals surface area (Å²) in [5.41, 5.74) is 1.72. The Hall–Kier alpha value is -2.61. The third-order valence-electron chi connectivity index (χ3n) is 6.47. The number of nitrogens with one attached hydrogen (secondary N) is 2. The van der Waals surface area contributed by atoms with Gasteiger partial charge in [-0.15, -0.1) is 11.3 Å². The van der Waals surface area contributed by atoms with Crippen LogP contribution in [0.5, 0.6) is 5.75 Å². The molecule has 178 valence electrons. The zero-order valence-electron chi connectivity index (χ0n) is 19.6. The van der Waals surface area contributed by atoms with Gasteiger partial charge in [0.1, 0.15) is 15.6 Å². The van der Waals surface area contributed by atoms with Crippen LogP contribution in [0, 0.1) is 6.92 Å². The Morgan fingerprint density at radius 1 is 1.03 bits per heavy atom. The summed E-state index contributed by atoms with van der Waals surface area (Å²) < 4.78 is 5.50. The number of benzene rings is 1. The van der Waals surface area contributed by atoms with Gasteiger partial charge in [0.25, 0.3) is 5.91 Å². The highest BCUT2D eigenvalue weighted by Gasteiger charge is 2.27. The third-order valence-corrected chi connectivity index (χ3v) is 7.67. The van der Waals surface area contributed by atoms with E-state index >= 15 is 0 Å². The van der Waals surface area contributed by atoms with Gasteiger partial charge in [-0.2, -0.15) is 0 Å². The Labute approximate surface area is 199 Å². The molecular weight excluding hydrogens is 436 g/mol. The minimum absolute atomic E-state index is 0.0463. The standard InChI is InChI=1S/C25H34N4O3S/c1-3-32-21-11-9-18(10-12-21)24-26-17(2)22(33-24)23(30)27-20-13-15-29(16-14-20)25(31)28-19-7-5-4-6-8-19/h9-12,19-20H,3-8,13-16H2,1-2H3,(H,27,30)(H,28,31). The van der Waals surface area contributed by atoms with Crippen LogP contribution in [-0.4, -0.2) is 53.6 Å². The number of nitrogens with zero attached hydrogens (tertiary/aromatic N) is 2. The second kappa shape index (κ2) is 11.0. The van der Waals surface area contributed by atoms with Gasteiger partial charge in [0.2, 0.25) is 0 Å². The average molecular weight is 471 g/mol. The molecule has 1 aliphatic heterocycles. The van der Waals surface area contributed by atoms with Gasteiger partial charge in [-0.05, 0) is 63.8 Å². The van der Waals surface area contributed by atoms with Crippen LogP contribution in [0.1, 0.15) is 67.2 Å². The van der Waals surface area contributed by atoms with Crippen molar-refractivity contribution in [2.75, 3.05) is 19.7 Å². The molecule has 1 saturated carbocycles. The molecule has 0 spiro atoms. The highest BCUT2D eigenvalue weighted by Crippen LogP contribution is 2.29. The van der Waals surface area contributed by atoms with Gasteiger partial charge in [-0.3, -0.25) is 4.79 Å². The number of urea groups is 1. The average Bonchev–Trinajstić information content (AvgIpc) is 3.22. The summed E-state index contributed by atoms with van der Waals surface area (Å²) in [6, 6.07) is 8.23. The van der Waals surface area contributed by atoms with Gasteiger partial charge in [0.15, 0.2) is 0 Å². The molecule has 2 aromatic rings. The van der Waals surface area contributed by atoms with Crippen molar-refractivity contribution >= 4 is 23.3 Å². The lowest BCUT2D eigenvalue weighted by atomic mass is 9.95. The Morgan fingerprint density at radius 2 is 1.70 bits per heavy atom. The first-order valence-corrected chi connectivity index (χ1v) is 12.9. The zero-order chi connectivity index (χ0) is 23.2. The van der Waals surface area contributed by atoms with E-state index in [0.717, 1.165) is 47.7 Å². The largest absolute Gasteiger partial charge is 0.494 e. The van der Waals surface area contributed by atoms with Crippen molar-refractivity contribution < 1.29 is 14.3 Å². The molecule has 0 bridgehead atoms. The molecule has 33 heavy (non-hydrogen) atoms. The highest BCUT2D eigenvalue weighted by atomic mass is 32.1.